The molecule has 1 nitrogen and oxygen atoms in total. The van der Waals surface area contributed by atoms with Crippen molar-refractivity contribution in [3.8, 4) is 0 Å². The Morgan fingerprint density at radius 1 is 0.913 bits per heavy atom. The predicted molar refractivity (Wildman–Crippen MR) is 97.9 cm³/mol. The van der Waals surface area contributed by atoms with Gasteiger partial charge in [0, 0.05) is 6.61 Å². The summed E-state index contributed by atoms with van der Waals surface area (Å²) in [7, 11) is 0. The van der Waals surface area contributed by atoms with Crippen LogP contribution in [0.25, 0.3) is 0 Å². The minimum absolute atomic E-state index is 0.562. The topological polar surface area (TPSA) is 9.23 Å². The van der Waals surface area contributed by atoms with Crippen LogP contribution in [-0.4, -0.2) is 12.7 Å². The summed E-state index contributed by atoms with van der Waals surface area (Å²) >= 11 is 0. The van der Waals surface area contributed by atoms with Crippen LogP contribution in [0.15, 0.2) is 24.3 Å². The van der Waals surface area contributed by atoms with Gasteiger partial charge in [-0.25, -0.2) is 0 Å². The largest absolute Gasteiger partial charge is 0.378 e. The van der Waals surface area contributed by atoms with Crippen LogP contribution in [0, 0.1) is 11.8 Å². The maximum Gasteiger partial charge on any atom is 0.0603 e. The van der Waals surface area contributed by atoms with Crippen molar-refractivity contribution >= 4 is 0 Å². The fourth-order valence-electron chi connectivity index (χ4n) is 4.68. The Hall–Kier alpha value is -0.820. The molecule has 1 aliphatic carbocycles. The van der Waals surface area contributed by atoms with E-state index in [1.165, 1.54) is 56.9 Å². The van der Waals surface area contributed by atoms with Gasteiger partial charge in [0.2, 0.25) is 0 Å². The van der Waals surface area contributed by atoms with E-state index in [2.05, 4.69) is 38.1 Å². The van der Waals surface area contributed by atoms with Gasteiger partial charge >= 0.3 is 0 Å². The third kappa shape index (κ3) is 4.38. The summed E-state index contributed by atoms with van der Waals surface area (Å²) in [6.07, 6.45) is 12.5. The van der Waals surface area contributed by atoms with Gasteiger partial charge in [0.1, 0.15) is 0 Å². The lowest BCUT2D eigenvalue weighted by Gasteiger charge is -2.38. The van der Waals surface area contributed by atoms with Crippen LogP contribution in [0.4, 0.5) is 0 Å². The van der Waals surface area contributed by atoms with E-state index in [4.69, 9.17) is 4.74 Å². The molecule has 0 bridgehead atoms. The van der Waals surface area contributed by atoms with Crippen LogP contribution in [0.5, 0.6) is 0 Å². The normalized spacial score (nSPS) is 31.9. The molecule has 1 aliphatic heterocycles. The van der Waals surface area contributed by atoms with Gasteiger partial charge in [0.15, 0.2) is 0 Å². The summed E-state index contributed by atoms with van der Waals surface area (Å²) in [5, 5.41) is 0. The molecule has 0 radical (unpaired) electrons. The van der Waals surface area contributed by atoms with Crippen LogP contribution in [0.1, 0.15) is 82.3 Å². The van der Waals surface area contributed by atoms with Crippen molar-refractivity contribution in [2.45, 2.75) is 83.7 Å². The molecule has 23 heavy (non-hydrogen) atoms. The minimum Gasteiger partial charge on any atom is -0.378 e. The first-order valence-corrected chi connectivity index (χ1v) is 10.0. The lowest BCUT2D eigenvalue weighted by atomic mass is 9.75. The molecule has 0 spiro atoms. The Balaban J connectivity index is 1.46. The highest BCUT2D eigenvalue weighted by Gasteiger charge is 2.31. The maximum absolute atomic E-state index is 6.25. The zero-order valence-corrected chi connectivity index (χ0v) is 15.1. The van der Waals surface area contributed by atoms with E-state index in [-0.39, 0.29) is 0 Å². The van der Waals surface area contributed by atoms with Crippen LogP contribution >= 0.6 is 0 Å². The second kappa shape index (κ2) is 8.33. The molecule has 1 aromatic rings. The monoisotopic (exact) mass is 314 g/mol. The van der Waals surface area contributed by atoms with E-state index in [9.17, 15) is 0 Å². The van der Waals surface area contributed by atoms with Crippen LogP contribution < -0.4 is 0 Å². The van der Waals surface area contributed by atoms with Crippen molar-refractivity contribution in [3.63, 3.8) is 0 Å². The molecule has 1 aromatic carbocycles. The van der Waals surface area contributed by atoms with Crippen molar-refractivity contribution < 1.29 is 4.74 Å². The number of ether oxygens (including phenoxy) is 1. The second-order valence-corrected chi connectivity index (χ2v) is 7.81. The molecule has 1 saturated heterocycles. The lowest BCUT2D eigenvalue weighted by molar-refractivity contribution is -0.0575. The smallest absolute Gasteiger partial charge is 0.0603 e. The first-order valence-electron chi connectivity index (χ1n) is 10.0. The van der Waals surface area contributed by atoms with Gasteiger partial charge in [-0.05, 0) is 80.2 Å². The zero-order chi connectivity index (χ0) is 16.1. The summed E-state index contributed by atoms with van der Waals surface area (Å²) < 4.78 is 6.25. The molecule has 2 fully saturated rings. The number of aryl methyl sites for hydroxylation is 1. The van der Waals surface area contributed by atoms with E-state index in [0.717, 1.165) is 30.8 Å². The molecular formula is C22H34O. The molecule has 1 heteroatoms. The molecule has 128 valence electrons. The van der Waals surface area contributed by atoms with Crippen molar-refractivity contribution in [3.05, 3.63) is 35.4 Å². The van der Waals surface area contributed by atoms with E-state index in [1.807, 2.05) is 0 Å². The van der Waals surface area contributed by atoms with E-state index in [1.54, 1.807) is 5.56 Å². The Morgan fingerprint density at radius 3 is 2.22 bits per heavy atom. The van der Waals surface area contributed by atoms with E-state index in [0.29, 0.717) is 6.10 Å². The van der Waals surface area contributed by atoms with Gasteiger partial charge in [0.05, 0.1) is 6.10 Å². The molecule has 2 atom stereocenters. The molecule has 0 aromatic heterocycles. The quantitative estimate of drug-likeness (QED) is 0.636. The van der Waals surface area contributed by atoms with Crippen LogP contribution in [0.2, 0.25) is 0 Å². The Morgan fingerprint density at radius 2 is 1.65 bits per heavy atom. The fraction of sp³-hybridized carbons (Fsp3) is 0.727. The van der Waals surface area contributed by atoms with Gasteiger partial charge in [-0.15, -0.1) is 0 Å². The average Bonchev–Trinajstić information content (AvgIpc) is 2.63. The highest BCUT2D eigenvalue weighted by Crippen LogP contribution is 2.40. The Kier molecular flexibility index (Phi) is 6.16. The molecule has 1 saturated carbocycles. The summed E-state index contributed by atoms with van der Waals surface area (Å²) in [4.78, 5) is 0. The molecule has 1 heterocycles. The Bertz CT molecular complexity index is 447. The number of hydrogen-bond acceptors (Lipinski definition) is 1. The zero-order valence-electron chi connectivity index (χ0n) is 15.1. The highest BCUT2D eigenvalue weighted by molar-refractivity contribution is 5.25. The second-order valence-electron chi connectivity index (χ2n) is 7.81. The van der Waals surface area contributed by atoms with Crippen molar-refractivity contribution in [1.82, 2.24) is 0 Å². The van der Waals surface area contributed by atoms with Gasteiger partial charge in [-0.3, -0.25) is 0 Å². The summed E-state index contributed by atoms with van der Waals surface area (Å²) in [6, 6.07) is 9.38. The standard InChI is InChI=1S/C22H34O/c1-3-5-18-8-15-22(23-16-18)21-13-11-20(12-14-21)19-9-6-17(4-2)7-10-19/h6-7,9-10,18,20-22H,3-5,8,11-16H2,1-2H3. The summed E-state index contributed by atoms with van der Waals surface area (Å²) in [5.41, 5.74) is 3.02. The first kappa shape index (κ1) is 17.0. The SMILES string of the molecule is CCCC1CCC(C2CCC(c3ccc(CC)cc3)CC2)OC1. The molecule has 2 aliphatic rings. The van der Waals surface area contributed by atoms with E-state index >= 15 is 0 Å². The highest BCUT2D eigenvalue weighted by atomic mass is 16.5. The average molecular weight is 315 g/mol. The summed E-state index contributed by atoms with van der Waals surface area (Å²) in [5.74, 6) is 2.45. The Labute approximate surface area is 142 Å². The molecule has 0 amide bonds. The lowest BCUT2D eigenvalue weighted by Crippen LogP contribution is -2.33. The molecule has 2 unspecified atom stereocenters. The molecule has 3 rings (SSSR count). The van der Waals surface area contributed by atoms with Gasteiger partial charge in [0.25, 0.3) is 0 Å². The number of hydrogen-bond donors (Lipinski definition) is 0. The molecular weight excluding hydrogens is 280 g/mol. The van der Waals surface area contributed by atoms with Gasteiger partial charge in [-0.2, -0.15) is 0 Å². The van der Waals surface area contributed by atoms with Gasteiger partial charge < -0.3 is 4.74 Å². The molecule has 0 N–H and O–H groups in total. The third-order valence-electron chi connectivity index (χ3n) is 6.26. The minimum atomic E-state index is 0.562. The van der Waals surface area contributed by atoms with Crippen LogP contribution in [-0.2, 0) is 11.2 Å². The summed E-state index contributed by atoms with van der Waals surface area (Å²) in [6.45, 7) is 5.55. The predicted octanol–water partition coefficient (Wildman–Crippen LogP) is 6.12. The van der Waals surface area contributed by atoms with Crippen LogP contribution in [0.3, 0.4) is 0 Å². The van der Waals surface area contributed by atoms with Crippen molar-refractivity contribution in [1.29, 1.82) is 0 Å². The third-order valence-corrected chi connectivity index (χ3v) is 6.26. The maximum atomic E-state index is 6.25. The number of benzene rings is 1. The van der Waals surface area contributed by atoms with Crippen molar-refractivity contribution in [2.75, 3.05) is 6.61 Å². The van der Waals surface area contributed by atoms with E-state index < -0.39 is 0 Å². The number of rotatable bonds is 5. The van der Waals surface area contributed by atoms with Crippen molar-refractivity contribution in [2.24, 2.45) is 11.8 Å². The van der Waals surface area contributed by atoms with Gasteiger partial charge in [-0.1, -0.05) is 44.5 Å². The first-order chi connectivity index (χ1) is 11.3. The fourth-order valence-corrected chi connectivity index (χ4v) is 4.68.